The second-order valence-electron chi connectivity index (χ2n) is 0. The van der Waals surface area contributed by atoms with Gasteiger partial charge in [0.15, 0.2) is 0 Å². The molecule has 0 fully saturated rings. The second kappa shape index (κ2) is 19.9. The topological polar surface area (TPSA) is 46.1 Å². The van der Waals surface area contributed by atoms with Gasteiger partial charge >= 0.3 is 48.9 Å². The first-order chi connectivity index (χ1) is 1.00. The van der Waals surface area contributed by atoms with Crippen molar-refractivity contribution in [1.82, 2.24) is 0 Å². The van der Waals surface area contributed by atoms with Gasteiger partial charge in [-0.05, 0) is 0 Å². The Hall–Kier alpha value is 2.01. The fourth-order valence-corrected chi connectivity index (χ4v) is 0. The third-order valence-electron chi connectivity index (χ3n) is 0. The van der Waals surface area contributed by atoms with Gasteiger partial charge in [0.1, 0.15) is 0 Å². The van der Waals surface area contributed by atoms with Crippen LogP contribution in [0.2, 0.25) is 0 Å². The largest absolute Gasteiger partial charge is 2.00 e. The van der Waals surface area contributed by atoms with Crippen molar-refractivity contribution in [3.8, 4) is 0 Å². The molecule has 22 valence electrons. The summed E-state index contributed by atoms with van der Waals surface area (Å²) >= 11 is 0. The zero-order valence-electron chi connectivity index (χ0n) is 1.88. The van der Waals surface area contributed by atoms with Crippen molar-refractivity contribution >= 4 is 48.9 Å². The summed E-state index contributed by atoms with van der Waals surface area (Å²) in [6.45, 7) is 0. The fourth-order valence-electron chi connectivity index (χ4n) is 0. The van der Waals surface area contributed by atoms with Gasteiger partial charge < -0.3 is 10.5 Å². The third kappa shape index (κ3) is 8.99. The molecule has 0 radical (unpaired) electrons. The summed E-state index contributed by atoms with van der Waals surface area (Å²) < 4.78 is 0. The van der Waals surface area contributed by atoms with Gasteiger partial charge in [-0.3, -0.25) is 0 Å². The zero-order valence-corrected chi connectivity index (χ0v) is 7.42. The smallest absolute Gasteiger partial charge is 1.00 e. The third-order valence-corrected chi connectivity index (χ3v) is 0. The summed E-state index contributed by atoms with van der Waals surface area (Å²) in [6.07, 6.45) is 0. The molecule has 0 atom stereocenters. The van der Waals surface area contributed by atoms with Crippen molar-refractivity contribution in [2.75, 3.05) is 0 Å². The van der Waals surface area contributed by atoms with Crippen LogP contribution < -0.4 is 10.5 Å². The van der Waals surface area contributed by atoms with Crippen molar-refractivity contribution in [2.45, 2.75) is 0 Å². The van der Waals surface area contributed by atoms with E-state index in [0.29, 0.717) is 0 Å². The van der Waals surface area contributed by atoms with E-state index in [9.17, 15) is 0 Å². The molecule has 0 unspecified atom stereocenters. The number of rotatable bonds is 0. The fraction of sp³-hybridized carbons (Fsp3) is 0. The van der Waals surface area contributed by atoms with Gasteiger partial charge in [-0.1, -0.05) is 0 Å². The summed E-state index contributed by atoms with van der Waals surface area (Å²) in [5.74, 6) is 0. The normalized spacial score (nSPS) is 1.50. The van der Waals surface area contributed by atoms with Crippen LogP contribution in [0.15, 0.2) is 0 Å². The Balaban J connectivity index is -0.00000000500. The van der Waals surface area contributed by atoms with Crippen molar-refractivity contribution in [3.05, 3.63) is 0 Å². The van der Waals surface area contributed by atoms with Gasteiger partial charge in [-0.25, -0.2) is 0 Å². The van der Waals surface area contributed by atoms with Crippen LogP contribution in [0.3, 0.4) is 0 Å². The molecule has 4 heavy (non-hydrogen) atoms. The minimum absolute atomic E-state index is 0. The predicted octanol–water partition coefficient (Wildman–Crippen LogP) is -2.76. The second-order valence-corrected chi connectivity index (χ2v) is 0. The summed E-state index contributed by atoms with van der Waals surface area (Å²) in [6, 6.07) is 0. The van der Waals surface area contributed by atoms with Crippen LogP contribution in [0, 0.1) is 0 Å². The van der Waals surface area contributed by atoms with Crippen LogP contribution in [-0.2, 0) is 17.1 Å². The standard InChI is InChI=1S/Ba.Fe.O2/c;;1-2/q+2;;-2. The monoisotopic (exact) mass is 226 g/mol. The van der Waals surface area contributed by atoms with E-state index in [-0.39, 0.29) is 65.9 Å². The van der Waals surface area contributed by atoms with E-state index in [0.717, 1.165) is 0 Å². The number of hydrogen-bond donors (Lipinski definition) is 0. The van der Waals surface area contributed by atoms with Gasteiger partial charge in [0.25, 0.3) is 0 Å². The molecule has 0 aliphatic carbocycles. The van der Waals surface area contributed by atoms with Gasteiger partial charge in [0.05, 0.1) is 0 Å². The Labute approximate surface area is 75.1 Å². The maximum absolute atomic E-state index is 7.00. The average molecular weight is 225 g/mol. The first kappa shape index (κ1) is 16.6. The van der Waals surface area contributed by atoms with Gasteiger partial charge in [0, 0.05) is 17.1 Å². The molecule has 0 heterocycles. The van der Waals surface area contributed by atoms with Crippen LogP contribution in [0.25, 0.3) is 0 Å². The molecule has 0 N–H and O–H groups in total. The Bertz CT molecular complexity index is 6.00. The molecule has 2 nitrogen and oxygen atoms in total. The Morgan fingerprint density at radius 1 is 1.00 bits per heavy atom. The minimum Gasteiger partial charge on any atom is -1.00 e. The van der Waals surface area contributed by atoms with Gasteiger partial charge in [-0.2, -0.15) is 0 Å². The molecule has 0 aromatic rings. The molecule has 0 amide bonds. The van der Waals surface area contributed by atoms with Crippen LogP contribution >= 0.6 is 0 Å². The van der Waals surface area contributed by atoms with Crippen LogP contribution in [0.1, 0.15) is 0 Å². The van der Waals surface area contributed by atoms with Crippen molar-refractivity contribution in [3.63, 3.8) is 0 Å². The van der Waals surface area contributed by atoms with E-state index in [1.807, 2.05) is 0 Å². The summed E-state index contributed by atoms with van der Waals surface area (Å²) in [5, 5.41) is 14.0. The van der Waals surface area contributed by atoms with E-state index < -0.39 is 0 Å². The maximum Gasteiger partial charge on any atom is 2.00 e. The predicted molar refractivity (Wildman–Crippen MR) is 5.75 cm³/mol. The molecule has 4 heteroatoms. The van der Waals surface area contributed by atoms with Crippen LogP contribution in [0.4, 0.5) is 0 Å². The van der Waals surface area contributed by atoms with E-state index in [4.69, 9.17) is 10.5 Å². The quantitative estimate of drug-likeness (QED) is 0.255. The van der Waals surface area contributed by atoms with E-state index >= 15 is 0 Å². The molecule has 0 spiro atoms. The molecule has 0 aliphatic rings. The summed E-state index contributed by atoms with van der Waals surface area (Å²) in [7, 11) is 0. The first-order valence-electron chi connectivity index (χ1n) is 0.167. The molecule has 0 bridgehead atoms. The molecule has 0 aliphatic heterocycles. The van der Waals surface area contributed by atoms with Crippen molar-refractivity contribution < 1.29 is 27.6 Å². The average Bonchev–Trinajstić information content (AvgIpc) is 1.00. The Kier molecular flexibility index (Phi) is 83.0. The molecule has 0 rings (SSSR count). The Morgan fingerprint density at radius 2 is 1.00 bits per heavy atom. The molecular weight excluding hydrogens is 225 g/mol. The molecule has 0 saturated heterocycles. The molecular formula is BaFeO2. The maximum atomic E-state index is 7.00. The zero-order chi connectivity index (χ0) is 2.00. The van der Waals surface area contributed by atoms with Crippen LogP contribution in [-0.4, -0.2) is 48.9 Å². The van der Waals surface area contributed by atoms with E-state index in [1.54, 1.807) is 0 Å². The van der Waals surface area contributed by atoms with Crippen molar-refractivity contribution in [1.29, 1.82) is 0 Å². The van der Waals surface area contributed by atoms with Gasteiger partial charge in [-0.15, -0.1) is 0 Å². The van der Waals surface area contributed by atoms with E-state index in [1.165, 1.54) is 0 Å². The SMILES string of the molecule is [Ba+2].[Fe].[O-][O-]. The van der Waals surface area contributed by atoms with Crippen LogP contribution in [0.5, 0.6) is 0 Å². The summed E-state index contributed by atoms with van der Waals surface area (Å²) in [4.78, 5) is 0. The minimum atomic E-state index is 0. The van der Waals surface area contributed by atoms with E-state index in [2.05, 4.69) is 0 Å². The molecule has 0 aromatic carbocycles. The Morgan fingerprint density at radius 3 is 1.00 bits per heavy atom. The summed E-state index contributed by atoms with van der Waals surface area (Å²) in [5.41, 5.74) is 0. The number of hydrogen-bond acceptors (Lipinski definition) is 2. The molecule has 0 aromatic heterocycles. The van der Waals surface area contributed by atoms with Crippen molar-refractivity contribution in [2.24, 2.45) is 0 Å². The van der Waals surface area contributed by atoms with Gasteiger partial charge in [0.2, 0.25) is 0 Å². The molecule has 0 saturated carbocycles. The first-order valence-corrected chi connectivity index (χ1v) is 0.167.